The molecule has 0 aliphatic rings. The molecule has 96 valence electrons. The predicted molar refractivity (Wildman–Crippen MR) is 77.0 cm³/mol. The van der Waals surface area contributed by atoms with Crippen LogP contribution in [0.3, 0.4) is 0 Å². The molecular formula is C14H23ClN2. The number of nitrogens with one attached hydrogen (secondary N) is 1. The third-order valence-electron chi connectivity index (χ3n) is 2.85. The smallest absolute Gasteiger partial charge is 0.0642 e. The van der Waals surface area contributed by atoms with Crippen molar-refractivity contribution in [3.63, 3.8) is 0 Å². The summed E-state index contributed by atoms with van der Waals surface area (Å²) in [5, 5.41) is 4.15. The second-order valence-electron chi connectivity index (χ2n) is 4.34. The highest BCUT2D eigenvalue weighted by Crippen LogP contribution is 2.26. The minimum absolute atomic E-state index is 0.846. The van der Waals surface area contributed by atoms with Gasteiger partial charge in [-0.3, -0.25) is 0 Å². The van der Waals surface area contributed by atoms with Crippen molar-refractivity contribution in [1.29, 1.82) is 0 Å². The van der Waals surface area contributed by atoms with Crippen LogP contribution < -0.4 is 10.2 Å². The van der Waals surface area contributed by atoms with E-state index >= 15 is 0 Å². The van der Waals surface area contributed by atoms with E-state index in [9.17, 15) is 0 Å². The molecule has 1 aromatic carbocycles. The van der Waals surface area contributed by atoms with E-state index in [1.165, 1.54) is 18.4 Å². The molecule has 1 rings (SSSR count). The lowest BCUT2D eigenvalue weighted by molar-refractivity contribution is 0.726. The molecule has 0 radical (unpaired) electrons. The highest BCUT2D eigenvalue weighted by atomic mass is 35.5. The Labute approximate surface area is 110 Å². The van der Waals surface area contributed by atoms with Gasteiger partial charge in [-0.2, -0.15) is 0 Å². The summed E-state index contributed by atoms with van der Waals surface area (Å²) in [4.78, 5) is 2.23. The minimum atomic E-state index is 0.846. The molecule has 0 aliphatic carbocycles. The van der Waals surface area contributed by atoms with E-state index in [0.717, 1.165) is 30.3 Å². The van der Waals surface area contributed by atoms with Crippen LogP contribution in [0.5, 0.6) is 0 Å². The topological polar surface area (TPSA) is 15.3 Å². The monoisotopic (exact) mass is 254 g/mol. The van der Waals surface area contributed by atoms with Crippen LogP contribution in [0.15, 0.2) is 18.2 Å². The van der Waals surface area contributed by atoms with Crippen molar-refractivity contribution in [3.05, 3.63) is 28.8 Å². The van der Waals surface area contributed by atoms with E-state index in [1.54, 1.807) is 0 Å². The number of nitrogens with zero attached hydrogens (tertiary/aromatic N) is 1. The zero-order valence-electron chi connectivity index (χ0n) is 11.1. The van der Waals surface area contributed by atoms with Crippen molar-refractivity contribution < 1.29 is 0 Å². The van der Waals surface area contributed by atoms with E-state index in [-0.39, 0.29) is 0 Å². The largest absolute Gasteiger partial charge is 0.373 e. The Morgan fingerprint density at radius 2 is 2.06 bits per heavy atom. The molecule has 0 bridgehead atoms. The van der Waals surface area contributed by atoms with Gasteiger partial charge >= 0.3 is 0 Å². The van der Waals surface area contributed by atoms with Crippen molar-refractivity contribution in [3.8, 4) is 0 Å². The van der Waals surface area contributed by atoms with Gasteiger partial charge in [-0.25, -0.2) is 0 Å². The average molecular weight is 255 g/mol. The molecular weight excluding hydrogens is 232 g/mol. The zero-order chi connectivity index (χ0) is 12.7. The van der Waals surface area contributed by atoms with Gasteiger partial charge in [-0.15, -0.1) is 0 Å². The van der Waals surface area contributed by atoms with Gasteiger partial charge in [-0.1, -0.05) is 37.9 Å². The first-order chi connectivity index (χ1) is 8.19. The molecule has 3 heteroatoms. The van der Waals surface area contributed by atoms with Gasteiger partial charge < -0.3 is 10.2 Å². The van der Waals surface area contributed by atoms with Crippen LogP contribution in [0.4, 0.5) is 5.69 Å². The zero-order valence-corrected chi connectivity index (χ0v) is 11.8. The molecule has 0 heterocycles. The second-order valence-corrected chi connectivity index (χ2v) is 4.75. The summed E-state index contributed by atoms with van der Waals surface area (Å²) in [7, 11) is 2.10. The normalized spacial score (nSPS) is 10.6. The molecule has 0 aliphatic heterocycles. The maximum absolute atomic E-state index is 6.31. The molecule has 0 unspecified atom stereocenters. The summed E-state index contributed by atoms with van der Waals surface area (Å²) < 4.78 is 0. The maximum atomic E-state index is 6.31. The summed E-state index contributed by atoms with van der Waals surface area (Å²) in [6.45, 7) is 7.23. The van der Waals surface area contributed by atoms with E-state index in [2.05, 4.69) is 49.3 Å². The Bertz CT molecular complexity index is 339. The van der Waals surface area contributed by atoms with Crippen molar-refractivity contribution in [2.24, 2.45) is 0 Å². The molecule has 1 N–H and O–H groups in total. The van der Waals surface area contributed by atoms with Crippen molar-refractivity contribution in [1.82, 2.24) is 5.32 Å². The Morgan fingerprint density at radius 1 is 1.29 bits per heavy atom. The summed E-state index contributed by atoms with van der Waals surface area (Å²) in [6.07, 6.45) is 2.41. The number of halogens is 1. The second kappa shape index (κ2) is 7.57. The minimum Gasteiger partial charge on any atom is -0.373 e. The summed E-state index contributed by atoms with van der Waals surface area (Å²) in [6, 6.07) is 6.32. The van der Waals surface area contributed by atoms with Gasteiger partial charge in [0.2, 0.25) is 0 Å². The highest BCUT2D eigenvalue weighted by molar-refractivity contribution is 6.33. The lowest BCUT2D eigenvalue weighted by atomic mass is 10.2. The third-order valence-corrected chi connectivity index (χ3v) is 3.15. The first-order valence-corrected chi connectivity index (χ1v) is 6.77. The van der Waals surface area contributed by atoms with Crippen LogP contribution in [0.25, 0.3) is 0 Å². The molecule has 0 fully saturated rings. The van der Waals surface area contributed by atoms with Crippen LogP contribution in [-0.2, 0) is 6.54 Å². The lowest BCUT2D eigenvalue weighted by Gasteiger charge is -2.20. The van der Waals surface area contributed by atoms with Gasteiger partial charge in [0.15, 0.2) is 0 Å². The van der Waals surface area contributed by atoms with Gasteiger partial charge in [0.05, 0.1) is 10.7 Å². The molecule has 1 aromatic rings. The highest BCUT2D eigenvalue weighted by Gasteiger charge is 2.06. The maximum Gasteiger partial charge on any atom is 0.0642 e. The van der Waals surface area contributed by atoms with E-state index in [4.69, 9.17) is 11.6 Å². The molecule has 2 nitrogen and oxygen atoms in total. The average Bonchev–Trinajstić information content (AvgIpc) is 2.33. The van der Waals surface area contributed by atoms with Crippen molar-refractivity contribution in [2.45, 2.75) is 33.2 Å². The van der Waals surface area contributed by atoms with Crippen LogP contribution in [0, 0.1) is 0 Å². The number of rotatable bonds is 7. The quantitative estimate of drug-likeness (QED) is 0.799. The molecule has 0 aromatic heterocycles. The van der Waals surface area contributed by atoms with E-state index in [1.807, 2.05) is 0 Å². The van der Waals surface area contributed by atoms with Gasteiger partial charge in [0, 0.05) is 20.1 Å². The first-order valence-electron chi connectivity index (χ1n) is 6.39. The SMILES string of the molecule is CCCCN(C)c1ccc(CNCC)cc1Cl. The molecule has 0 amide bonds. The fourth-order valence-electron chi connectivity index (χ4n) is 1.76. The summed E-state index contributed by atoms with van der Waals surface area (Å²) >= 11 is 6.31. The van der Waals surface area contributed by atoms with Crippen LogP contribution in [0.2, 0.25) is 5.02 Å². The Hall–Kier alpha value is -0.730. The fourth-order valence-corrected chi connectivity index (χ4v) is 2.10. The van der Waals surface area contributed by atoms with Crippen molar-refractivity contribution >= 4 is 17.3 Å². The predicted octanol–water partition coefficient (Wildman–Crippen LogP) is 3.69. The van der Waals surface area contributed by atoms with E-state index in [0.29, 0.717) is 0 Å². The number of unbranched alkanes of at least 4 members (excludes halogenated alkanes) is 1. The van der Waals surface area contributed by atoms with Crippen LogP contribution >= 0.6 is 11.6 Å². The Morgan fingerprint density at radius 3 is 2.65 bits per heavy atom. The fraction of sp³-hybridized carbons (Fsp3) is 0.571. The lowest BCUT2D eigenvalue weighted by Crippen LogP contribution is -2.19. The molecule has 0 saturated carbocycles. The molecule has 17 heavy (non-hydrogen) atoms. The van der Waals surface area contributed by atoms with Crippen LogP contribution in [-0.4, -0.2) is 20.1 Å². The van der Waals surface area contributed by atoms with Gasteiger partial charge in [0.25, 0.3) is 0 Å². The standard InChI is InChI=1S/C14H23ClN2/c1-4-6-9-17(3)14-8-7-12(10-13(14)15)11-16-5-2/h7-8,10,16H,4-6,9,11H2,1-3H3. The molecule has 0 spiro atoms. The van der Waals surface area contributed by atoms with Gasteiger partial charge in [0.1, 0.15) is 0 Å². The number of anilines is 1. The van der Waals surface area contributed by atoms with Crippen LogP contribution in [0.1, 0.15) is 32.3 Å². The number of benzene rings is 1. The van der Waals surface area contributed by atoms with Crippen molar-refractivity contribution in [2.75, 3.05) is 25.0 Å². The summed E-state index contributed by atoms with van der Waals surface area (Å²) in [5.41, 5.74) is 2.37. The molecule has 0 atom stereocenters. The Balaban J connectivity index is 2.68. The Kier molecular flexibility index (Phi) is 6.38. The van der Waals surface area contributed by atoms with Gasteiger partial charge in [-0.05, 0) is 30.7 Å². The van der Waals surface area contributed by atoms with E-state index < -0.39 is 0 Å². The molecule has 0 saturated heterocycles. The number of hydrogen-bond acceptors (Lipinski definition) is 2. The summed E-state index contributed by atoms with van der Waals surface area (Å²) in [5.74, 6) is 0. The first kappa shape index (κ1) is 14.3. The third kappa shape index (κ3) is 4.57. The number of hydrogen-bond donors (Lipinski definition) is 1.